The van der Waals surface area contributed by atoms with Crippen LogP contribution in [0, 0.1) is 0 Å². The molecule has 8 heteroatoms. The second-order valence-corrected chi connectivity index (χ2v) is 7.49. The molecule has 1 atom stereocenters. The summed E-state index contributed by atoms with van der Waals surface area (Å²) in [7, 11) is 0. The number of rotatable bonds is 7. The summed E-state index contributed by atoms with van der Waals surface area (Å²) in [6, 6.07) is 4.09. The van der Waals surface area contributed by atoms with Crippen LogP contribution in [0.1, 0.15) is 6.92 Å². The van der Waals surface area contributed by atoms with Crippen molar-refractivity contribution in [3.05, 3.63) is 17.5 Å². The van der Waals surface area contributed by atoms with Crippen LogP contribution in [0.25, 0.3) is 10.7 Å². The SMILES string of the molecule is CCn1c(SC[C@H](O)C[NH+]2CCOCC2)nnc1-c1cccs1. The molecule has 1 saturated heterocycles. The first-order valence-electron chi connectivity index (χ1n) is 7.97. The number of nitrogens with zero attached hydrogens (tertiary/aromatic N) is 3. The molecule has 0 unspecified atom stereocenters. The van der Waals surface area contributed by atoms with Gasteiger partial charge in [0, 0.05) is 12.3 Å². The lowest BCUT2D eigenvalue weighted by Crippen LogP contribution is -3.15. The molecule has 126 valence electrons. The quantitative estimate of drug-likeness (QED) is 0.704. The summed E-state index contributed by atoms with van der Waals surface area (Å²) in [5.41, 5.74) is 0. The maximum atomic E-state index is 10.3. The average molecular weight is 356 g/mol. The van der Waals surface area contributed by atoms with Gasteiger partial charge in [-0.1, -0.05) is 17.8 Å². The fourth-order valence-electron chi connectivity index (χ4n) is 2.70. The van der Waals surface area contributed by atoms with E-state index in [1.807, 2.05) is 11.4 Å². The van der Waals surface area contributed by atoms with Crippen molar-refractivity contribution in [2.45, 2.75) is 24.7 Å². The normalized spacial score (nSPS) is 17.5. The Balaban J connectivity index is 1.57. The van der Waals surface area contributed by atoms with Crippen LogP contribution in [0.15, 0.2) is 22.7 Å². The molecule has 1 aliphatic rings. The van der Waals surface area contributed by atoms with Crippen molar-refractivity contribution in [2.24, 2.45) is 0 Å². The molecule has 2 aromatic heterocycles. The molecule has 1 aliphatic heterocycles. The van der Waals surface area contributed by atoms with E-state index in [9.17, 15) is 5.11 Å². The number of thiophene rings is 1. The Morgan fingerprint density at radius 3 is 2.96 bits per heavy atom. The number of nitrogens with one attached hydrogen (secondary N) is 1. The number of hydrogen-bond donors (Lipinski definition) is 2. The number of aliphatic hydroxyl groups excluding tert-OH is 1. The third kappa shape index (κ3) is 4.33. The van der Waals surface area contributed by atoms with E-state index in [2.05, 4.69) is 27.8 Å². The fourth-order valence-corrected chi connectivity index (χ4v) is 4.34. The van der Waals surface area contributed by atoms with Gasteiger partial charge < -0.3 is 19.3 Å². The summed E-state index contributed by atoms with van der Waals surface area (Å²) in [4.78, 5) is 2.55. The highest BCUT2D eigenvalue weighted by Crippen LogP contribution is 2.27. The number of quaternary nitrogens is 1. The molecule has 3 heterocycles. The van der Waals surface area contributed by atoms with Gasteiger partial charge in [-0.25, -0.2) is 0 Å². The minimum atomic E-state index is -0.333. The highest BCUT2D eigenvalue weighted by molar-refractivity contribution is 7.99. The van der Waals surface area contributed by atoms with Crippen molar-refractivity contribution in [3.8, 4) is 10.7 Å². The smallest absolute Gasteiger partial charge is 0.191 e. The van der Waals surface area contributed by atoms with Gasteiger partial charge in [-0.3, -0.25) is 0 Å². The van der Waals surface area contributed by atoms with E-state index in [-0.39, 0.29) is 6.10 Å². The summed E-state index contributed by atoms with van der Waals surface area (Å²) in [5.74, 6) is 1.56. The van der Waals surface area contributed by atoms with Crippen LogP contribution in [0.4, 0.5) is 0 Å². The molecule has 0 radical (unpaired) electrons. The molecule has 2 aromatic rings. The predicted octanol–water partition coefficient (Wildman–Crippen LogP) is 0.395. The van der Waals surface area contributed by atoms with E-state index in [4.69, 9.17) is 4.74 Å². The van der Waals surface area contributed by atoms with E-state index in [0.29, 0.717) is 5.75 Å². The van der Waals surface area contributed by atoms with Crippen molar-refractivity contribution < 1.29 is 14.7 Å². The van der Waals surface area contributed by atoms with E-state index in [1.165, 1.54) is 4.90 Å². The molecule has 0 bridgehead atoms. The van der Waals surface area contributed by atoms with Gasteiger partial charge in [-0.05, 0) is 18.4 Å². The topological polar surface area (TPSA) is 64.6 Å². The summed E-state index contributed by atoms with van der Waals surface area (Å²) < 4.78 is 7.47. The molecule has 0 amide bonds. The molecule has 23 heavy (non-hydrogen) atoms. The maximum Gasteiger partial charge on any atom is 0.191 e. The van der Waals surface area contributed by atoms with Crippen LogP contribution in [-0.2, 0) is 11.3 Å². The summed E-state index contributed by atoms with van der Waals surface area (Å²) in [6.07, 6.45) is -0.333. The number of morpholine rings is 1. The van der Waals surface area contributed by atoms with Gasteiger partial charge in [0.15, 0.2) is 11.0 Å². The number of aromatic nitrogens is 3. The summed E-state index contributed by atoms with van der Waals surface area (Å²) in [5, 5.41) is 21.8. The minimum Gasteiger partial charge on any atom is -0.386 e. The number of ether oxygens (including phenoxy) is 1. The average Bonchev–Trinajstić information content (AvgIpc) is 3.22. The summed E-state index contributed by atoms with van der Waals surface area (Å²) >= 11 is 3.26. The van der Waals surface area contributed by atoms with Gasteiger partial charge in [0.05, 0.1) is 18.1 Å². The van der Waals surface area contributed by atoms with Crippen molar-refractivity contribution in [1.29, 1.82) is 0 Å². The molecular formula is C15H23N4O2S2+. The zero-order valence-electron chi connectivity index (χ0n) is 13.3. The van der Waals surface area contributed by atoms with Crippen LogP contribution in [0.5, 0.6) is 0 Å². The Morgan fingerprint density at radius 2 is 2.26 bits per heavy atom. The van der Waals surface area contributed by atoms with Gasteiger partial charge >= 0.3 is 0 Å². The Kier molecular flexibility index (Phi) is 6.07. The van der Waals surface area contributed by atoms with Crippen molar-refractivity contribution >= 4 is 23.1 Å². The van der Waals surface area contributed by atoms with Gasteiger partial charge in [-0.15, -0.1) is 21.5 Å². The Morgan fingerprint density at radius 1 is 1.43 bits per heavy atom. The van der Waals surface area contributed by atoms with E-state index >= 15 is 0 Å². The molecule has 1 fully saturated rings. The van der Waals surface area contributed by atoms with Crippen LogP contribution >= 0.6 is 23.1 Å². The van der Waals surface area contributed by atoms with E-state index in [1.54, 1.807) is 23.1 Å². The Labute approximate surface area is 144 Å². The minimum absolute atomic E-state index is 0.333. The second kappa shape index (κ2) is 8.25. The lowest BCUT2D eigenvalue weighted by Gasteiger charge is -2.25. The summed E-state index contributed by atoms with van der Waals surface area (Å²) in [6.45, 7) is 7.25. The highest BCUT2D eigenvalue weighted by Gasteiger charge is 2.20. The Hall–Kier alpha value is -0.930. The first-order chi connectivity index (χ1) is 11.3. The monoisotopic (exact) mass is 355 g/mol. The molecule has 2 N–H and O–H groups in total. The lowest BCUT2D eigenvalue weighted by atomic mass is 10.3. The predicted molar refractivity (Wildman–Crippen MR) is 92.1 cm³/mol. The second-order valence-electron chi connectivity index (χ2n) is 5.56. The van der Waals surface area contributed by atoms with Crippen molar-refractivity contribution in [3.63, 3.8) is 0 Å². The molecular weight excluding hydrogens is 332 g/mol. The lowest BCUT2D eigenvalue weighted by molar-refractivity contribution is -0.910. The van der Waals surface area contributed by atoms with Gasteiger partial charge in [0.25, 0.3) is 0 Å². The Bertz CT molecular complexity index is 597. The maximum absolute atomic E-state index is 10.3. The van der Waals surface area contributed by atoms with Crippen LogP contribution in [0.2, 0.25) is 0 Å². The van der Waals surface area contributed by atoms with Gasteiger partial charge in [0.1, 0.15) is 25.7 Å². The van der Waals surface area contributed by atoms with Crippen LogP contribution in [-0.4, -0.2) is 64.6 Å². The van der Waals surface area contributed by atoms with Crippen LogP contribution in [0.3, 0.4) is 0 Å². The molecule has 0 aromatic carbocycles. The third-order valence-corrected chi connectivity index (χ3v) is 5.88. The first-order valence-corrected chi connectivity index (χ1v) is 9.83. The van der Waals surface area contributed by atoms with Crippen molar-refractivity contribution in [2.75, 3.05) is 38.6 Å². The van der Waals surface area contributed by atoms with Gasteiger partial charge in [-0.2, -0.15) is 0 Å². The van der Waals surface area contributed by atoms with Gasteiger partial charge in [0.2, 0.25) is 0 Å². The number of aliphatic hydroxyl groups is 1. The molecule has 0 saturated carbocycles. The third-order valence-electron chi connectivity index (χ3n) is 3.90. The molecule has 0 aliphatic carbocycles. The van der Waals surface area contributed by atoms with E-state index in [0.717, 1.165) is 55.3 Å². The van der Waals surface area contributed by atoms with E-state index < -0.39 is 0 Å². The molecule has 3 rings (SSSR count). The molecule has 6 nitrogen and oxygen atoms in total. The number of thioether (sulfide) groups is 1. The fraction of sp³-hybridized carbons (Fsp3) is 0.600. The zero-order chi connectivity index (χ0) is 16.1. The molecule has 0 spiro atoms. The van der Waals surface area contributed by atoms with Crippen LogP contribution < -0.4 is 4.90 Å². The highest BCUT2D eigenvalue weighted by atomic mass is 32.2. The first kappa shape index (κ1) is 16.9. The number of hydrogen-bond acceptors (Lipinski definition) is 6. The zero-order valence-corrected chi connectivity index (χ0v) is 14.9. The van der Waals surface area contributed by atoms with Crippen molar-refractivity contribution in [1.82, 2.24) is 14.8 Å². The largest absolute Gasteiger partial charge is 0.386 e. The standard InChI is InChI=1S/C15H22N4O2S2/c1-2-19-14(13-4-3-9-22-13)16-17-15(19)23-11-12(20)10-18-5-7-21-8-6-18/h3-4,9,12,20H,2,5-8,10-11H2,1H3/p+1/t12-/m1/s1.